The van der Waals surface area contributed by atoms with Crippen LogP contribution in [0.1, 0.15) is 36.3 Å². The predicted molar refractivity (Wildman–Crippen MR) is 157 cm³/mol. The second-order valence-corrected chi connectivity index (χ2v) is 9.58. The molecule has 212 valence electrons. The van der Waals surface area contributed by atoms with Gasteiger partial charge in [-0.2, -0.15) is 5.10 Å². The van der Waals surface area contributed by atoms with Crippen molar-refractivity contribution in [2.75, 3.05) is 37.0 Å². The first-order valence-electron chi connectivity index (χ1n) is 13.0. The van der Waals surface area contributed by atoms with Crippen LogP contribution in [0.5, 0.6) is 5.75 Å². The zero-order chi connectivity index (χ0) is 29.1. The molecule has 0 saturated carbocycles. The molecule has 41 heavy (non-hydrogen) atoms. The number of amides is 1. The highest BCUT2D eigenvalue weighted by atomic mass is 16.5. The molecule has 1 fully saturated rings. The molecule has 1 aliphatic rings. The third-order valence-electron chi connectivity index (χ3n) is 6.85. The SMILES string of the molecule is CC(=O)O.COc1ccccc1NC(=O)c1cc2c(-c3nn(C4CCNCC4)c4ncnc(N)c34)ccc(N)c2[nH]1. The Morgan fingerprint density at radius 2 is 1.85 bits per heavy atom. The fourth-order valence-electron chi connectivity index (χ4n) is 5.00. The molecule has 4 heterocycles. The van der Waals surface area contributed by atoms with Gasteiger partial charge in [0.25, 0.3) is 11.9 Å². The number of H-pyrrole nitrogens is 1. The molecule has 0 unspecified atom stereocenters. The molecule has 2 aromatic carbocycles. The number of hydrogen-bond acceptors (Lipinski definition) is 9. The van der Waals surface area contributed by atoms with Crippen molar-refractivity contribution >= 4 is 51.0 Å². The highest BCUT2D eigenvalue weighted by molar-refractivity contribution is 6.12. The normalized spacial score (nSPS) is 13.5. The zero-order valence-electron chi connectivity index (χ0n) is 22.6. The van der Waals surface area contributed by atoms with Crippen molar-refractivity contribution in [1.29, 1.82) is 0 Å². The van der Waals surface area contributed by atoms with Gasteiger partial charge in [0, 0.05) is 17.9 Å². The minimum Gasteiger partial charge on any atom is -0.495 e. The summed E-state index contributed by atoms with van der Waals surface area (Å²) in [7, 11) is 1.56. The molecular formula is C28H31N9O4. The number of aromatic nitrogens is 5. The largest absolute Gasteiger partial charge is 0.495 e. The molecule has 13 heteroatoms. The molecule has 5 aromatic rings. The van der Waals surface area contributed by atoms with Crippen LogP contribution in [-0.4, -0.2) is 61.9 Å². The maximum Gasteiger partial charge on any atom is 0.300 e. The number of anilines is 3. The third kappa shape index (κ3) is 5.47. The average Bonchev–Trinajstić information content (AvgIpc) is 3.58. The van der Waals surface area contributed by atoms with Crippen LogP contribution in [0.4, 0.5) is 17.2 Å². The van der Waals surface area contributed by atoms with E-state index in [1.54, 1.807) is 31.4 Å². The second-order valence-electron chi connectivity index (χ2n) is 9.58. The summed E-state index contributed by atoms with van der Waals surface area (Å²) in [4.78, 5) is 34.1. The Labute approximate surface area is 234 Å². The van der Waals surface area contributed by atoms with Crippen LogP contribution < -0.4 is 26.8 Å². The number of carboxylic acids is 1. The van der Waals surface area contributed by atoms with Gasteiger partial charge in [0.15, 0.2) is 5.65 Å². The quantitative estimate of drug-likeness (QED) is 0.174. The molecule has 13 nitrogen and oxygen atoms in total. The van der Waals surface area contributed by atoms with Gasteiger partial charge in [0.2, 0.25) is 0 Å². The molecular weight excluding hydrogens is 526 g/mol. The lowest BCUT2D eigenvalue weighted by atomic mass is 10.0. The Balaban J connectivity index is 0.000000794. The molecule has 0 aliphatic carbocycles. The zero-order valence-corrected chi connectivity index (χ0v) is 22.6. The Bertz CT molecular complexity index is 1730. The number of nitrogen functional groups attached to an aromatic ring is 2. The number of carbonyl (C=O) groups excluding carboxylic acids is 1. The van der Waals surface area contributed by atoms with E-state index in [0.717, 1.165) is 43.8 Å². The standard InChI is InChI=1S/C26H27N9O2.C2H4O2/c1-37-20-5-3-2-4-18(20)33-26(36)19-12-16-15(6-7-17(27)22(16)32-19)23-21-24(28)30-13-31-25(21)35(34-23)14-8-10-29-11-9-14;1-2(3)4/h2-7,12-14,29,32H,8-11,27H2,1H3,(H,33,36)(H2,28,30,31);1H3,(H,3,4). The Morgan fingerprint density at radius 3 is 2.59 bits per heavy atom. The van der Waals surface area contributed by atoms with Gasteiger partial charge < -0.3 is 36.9 Å². The number of hydrogen-bond donors (Lipinski definition) is 6. The fourth-order valence-corrected chi connectivity index (χ4v) is 5.00. The van der Waals surface area contributed by atoms with Gasteiger partial charge in [0.05, 0.1) is 35.4 Å². The van der Waals surface area contributed by atoms with E-state index in [-0.39, 0.29) is 11.9 Å². The van der Waals surface area contributed by atoms with E-state index in [0.29, 0.717) is 50.9 Å². The van der Waals surface area contributed by atoms with Crippen molar-refractivity contribution in [3.8, 4) is 17.0 Å². The molecule has 1 amide bonds. The lowest BCUT2D eigenvalue weighted by Gasteiger charge is -2.23. The summed E-state index contributed by atoms with van der Waals surface area (Å²) >= 11 is 0. The van der Waals surface area contributed by atoms with Gasteiger partial charge in [-0.05, 0) is 56.3 Å². The maximum atomic E-state index is 13.2. The van der Waals surface area contributed by atoms with Crippen LogP contribution >= 0.6 is 0 Å². The van der Waals surface area contributed by atoms with Crippen molar-refractivity contribution in [3.63, 3.8) is 0 Å². The summed E-state index contributed by atoms with van der Waals surface area (Å²) in [5.41, 5.74) is 16.9. The number of carboxylic acid groups (broad SMARTS) is 1. The summed E-state index contributed by atoms with van der Waals surface area (Å²) in [5.74, 6) is -0.230. The summed E-state index contributed by atoms with van der Waals surface area (Å²) < 4.78 is 7.32. The molecule has 1 aliphatic heterocycles. The number of piperidine rings is 1. The van der Waals surface area contributed by atoms with E-state index in [2.05, 4.69) is 25.6 Å². The highest BCUT2D eigenvalue weighted by Gasteiger charge is 2.25. The number of fused-ring (bicyclic) bond motifs is 2. The number of carbonyl (C=O) groups is 2. The van der Waals surface area contributed by atoms with Gasteiger partial charge in [-0.3, -0.25) is 9.59 Å². The minimum absolute atomic E-state index is 0.199. The van der Waals surface area contributed by atoms with E-state index >= 15 is 0 Å². The average molecular weight is 558 g/mol. The van der Waals surface area contributed by atoms with E-state index in [4.69, 9.17) is 31.2 Å². The van der Waals surface area contributed by atoms with Gasteiger partial charge in [-0.15, -0.1) is 0 Å². The van der Waals surface area contributed by atoms with Crippen molar-refractivity contribution in [2.45, 2.75) is 25.8 Å². The van der Waals surface area contributed by atoms with Gasteiger partial charge in [0.1, 0.15) is 29.3 Å². The van der Waals surface area contributed by atoms with Crippen molar-refractivity contribution < 1.29 is 19.4 Å². The van der Waals surface area contributed by atoms with Crippen LogP contribution in [0.3, 0.4) is 0 Å². The molecule has 0 atom stereocenters. The summed E-state index contributed by atoms with van der Waals surface area (Å²) in [6.07, 6.45) is 3.35. The molecule has 3 aromatic heterocycles. The molecule has 8 N–H and O–H groups in total. The number of nitrogens with one attached hydrogen (secondary N) is 3. The smallest absolute Gasteiger partial charge is 0.300 e. The van der Waals surface area contributed by atoms with Crippen molar-refractivity contribution in [1.82, 2.24) is 30.0 Å². The number of para-hydroxylation sites is 2. The van der Waals surface area contributed by atoms with Gasteiger partial charge in [-0.25, -0.2) is 14.6 Å². The first kappa shape index (κ1) is 27.4. The van der Waals surface area contributed by atoms with Crippen molar-refractivity contribution in [2.24, 2.45) is 0 Å². The Morgan fingerprint density at radius 1 is 1.12 bits per heavy atom. The Hall–Kier alpha value is -5.17. The number of nitrogens with two attached hydrogens (primary N) is 2. The highest BCUT2D eigenvalue weighted by Crippen LogP contribution is 2.38. The van der Waals surface area contributed by atoms with Crippen LogP contribution in [0, 0.1) is 0 Å². The van der Waals surface area contributed by atoms with Crippen LogP contribution in [-0.2, 0) is 4.79 Å². The predicted octanol–water partition coefficient (Wildman–Crippen LogP) is 3.42. The first-order chi connectivity index (χ1) is 19.8. The van der Waals surface area contributed by atoms with E-state index < -0.39 is 5.97 Å². The van der Waals surface area contributed by atoms with Crippen molar-refractivity contribution in [3.05, 3.63) is 54.5 Å². The van der Waals surface area contributed by atoms with E-state index in [1.165, 1.54) is 6.33 Å². The summed E-state index contributed by atoms with van der Waals surface area (Å²) in [5, 5.41) is 20.2. The molecule has 6 rings (SSSR count). The molecule has 0 bridgehead atoms. The van der Waals surface area contributed by atoms with Crippen LogP contribution in [0.15, 0.2) is 48.8 Å². The van der Waals surface area contributed by atoms with E-state index in [1.807, 2.05) is 22.9 Å². The monoisotopic (exact) mass is 557 g/mol. The minimum atomic E-state index is -0.833. The van der Waals surface area contributed by atoms with Gasteiger partial charge >= 0.3 is 0 Å². The topological polar surface area (TPSA) is 199 Å². The molecule has 1 saturated heterocycles. The number of aromatic amines is 1. The number of nitrogens with zero attached hydrogens (tertiary/aromatic N) is 4. The summed E-state index contributed by atoms with van der Waals surface area (Å²) in [6, 6.07) is 12.9. The van der Waals surface area contributed by atoms with Crippen LogP contribution in [0.2, 0.25) is 0 Å². The van der Waals surface area contributed by atoms with E-state index in [9.17, 15) is 4.79 Å². The first-order valence-corrected chi connectivity index (χ1v) is 13.0. The molecule has 0 spiro atoms. The lowest BCUT2D eigenvalue weighted by Crippen LogP contribution is -2.30. The number of ether oxygens (including phenoxy) is 1. The van der Waals surface area contributed by atoms with Crippen LogP contribution in [0.25, 0.3) is 33.2 Å². The molecule has 0 radical (unpaired) electrons. The number of rotatable bonds is 5. The lowest BCUT2D eigenvalue weighted by molar-refractivity contribution is -0.134. The fraction of sp³-hybridized carbons (Fsp3) is 0.250. The number of methoxy groups -OCH3 is 1. The van der Waals surface area contributed by atoms with Gasteiger partial charge in [-0.1, -0.05) is 12.1 Å². The Kier molecular flexibility index (Phi) is 7.70. The number of benzene rings is 2. The summed E-state index contributed by atoms with van der Waals surface area (Å²) in [6.45, 7) is 2.91. The third-order valence-corrected chi connectivity index (χ3v) is 6.85. The number of aliphatic carboxylic acids is 1. The second kappa shape index (κ2) is 11.5. The maximum absolute atomic E-state index is 13.2.